The van der Waals surface area contributed by atoms with Gasteiger partial charge in [0.2, 0.25) is 0 Å². The predicted molar refractivity (Wildman–Crippen MR) is 66.7 cm³/mol. The van der Waals surface area contributed by atoms with Crippen molar-refractivity contribution in [2.75, 3.05) is 13.2 Å². The second-order valence-corrected chi connectivity index (χ2v) is 4.23. The fraction of sp³-hybridized carbons (Fsp3) is 0.357. The van der Waals surface area contributed by atoms with E-state index in [0.717, 1.165) is 22.6 Å². The fourth-order valence-corrected chi connectivity index (χ4v) is 1.74. The maximum Gasteiger partial charge on any atom is 0.307 e. The number of carbonyl (C=O) groups is 1. The highest BCUT2D eigenvalue weighted by Gasteiger charge is 2.11. The molecule has 1 heterocycles. The lowest BCUT2D eigenvalue weighted by Crippen LogP contribution is -2.15. The lowest BCUT2D eigenvalue weighted by molar-refractivity contribution is -0.135. The number of carbonyl (C=O) groups excluding carboxylic acids is 1. The minimum Gasteiger partial charge on any atom is -0.486 e. The summed E-state index contributed by atoms with van der Waals surface area (Å²) in [5.74, 6) is 1.25. The number of benzene rings is 1. The van der Waals surface area contributed by atoms with E-state index in [0.29, 0.717) is 19.6 Å². The SMILES string of the molecule is CC(=O)OC=C(C)Cc1ccc2c(c1)OCCO2. The van der Waals surface area contributed by atoms with Gasteiger partial charge in [-0.2, -0.15) is 0 Å². The van der Waals surface area contributed by atoms with Crippen LogP contribution in [0, 0.1) is 0 Å². The first-order valence-electron chi connectivity index (χ1n) is 5.86. The summed E-state index contributed by atoms with van der Waals surface area (Å²) in [6, 6.07) is 5.85. The third-order valence-corrected chi connectivity index (χ3v) is 2.52. The Labute approximate surface area is 106 Å². The Bertz CT molecular complexity index is 477. The first-order chi connectivity index (χ1) is 8.65. The molecule has 0 saturated carbocycles. The summed E-state index contributed by atoms with van der Waals surface area (Å²) in [7, 11) is 0. The van der Waals surface area contributed by atoms with Gasteiger partial charge in [-0.15, -0.1) is 0 Å². The minimum absolute atomic E-state index is 0.309. The van der Waals surface area contributed by atoms with Crippen LogP contribution in [-0.4, -0.2) is 19.2 Å². The molecule has 0 atom stereocenters. The van der Waals surface area contributed by atoms with Crippen LogP contribution in [0.2, 0.25) is 0 Å². The van der Waals surface area contributed by atoms with E-state index >= 15 is 0 Å². The van der Waals surface area contributed by atoms with Crippen molar-refractivity contribution in [1.82, 2.24) is 0 Å². The Hall–Kier alpha value is -1.97. The summed E-state index contributed by atoms with van der Waals surface area (Å²) in [6.07, 6.45) is 2.20. The molecule has 0 spiro atoms. The minimum atomic E-state index is -0.309. The molecule has 4 heteroatoms. The molecular weight excluding hydrogens is 232 g/mol. The fourth-order valence-electron chi connectivity index (χ4n) is 1.74. The summed E-state index contributed by atoms with van der Waals surface area (Å²) in [6.45, 7) is 4.48. The molecule has 0 bridgehead atoms. The van der Waals surface area contributed by atoms with Gasteiger partial charge in [0.05, 0.1) is 6.26 Å². The van der Waals surface area contributed by atoms with Crippen LogP contribution in [0.15, 0.2) is 30.0 Å². The van der Waals surface area contributed by atoms with Gasteiger partial charge < -0.3 is 14.2 Å². The van der Waals surface area contributed by atoms with E-state index in [4.69, 9.17) is 14.2 Å². The van der Waals surface area contributed by atoms with E-state index in [2.05, 4.69) is 0 Å². The Morgan fingerprint density at radius 3 is 2.72 bits per heavy atom. The zero-order chi connectivity index (χ0) is 13.0. The highest BCUT2D eigenvalue weighted by molar-refractivity contribution is 5.66. The summed E-state index contributed by atoms with van der Waals surface area (Å²) in [4.78, 5) is 10.7. The van der Waals surface area contributed by atoms with E-state index in [1.165, 1.54) is 13.2 Å². The first-order valence-corrected chi connectivity index (χ1v) is 5.86. The number of esters is 1. The van der Waals surface area contributed by atoms with Crippen LogP contribution in [0.3, 0.4) is 0 Å². The molecule has 1 aliphatic heterocycles. The third-order valence-electron chi connectivity index (χ3n) is 2.52. The second-order valence-electron chi connectivity index (χ2n) is 4.23. The quantitative estimate of drug-likeness (QED) is 0.609. The van der Waals surface area contributed by atoms with Crippen molar-refractivity contribution in [1.29, 1.82) is 0 Å². The van der Waals surface area contributed by atoms with E-state index in [-0.39, 0.29) is 5.97 Å². The Morgan fingerprint density at radius 2 is 2.00 bits per heavy atom. The van der Waals surface area contributed by atoms with Crippen molar-refractivity contribution in [3.8, 4) is 11.5 Å². The van der Waals surface area contributed by atoms with Crippen molar-refractivity contribution >= 4 is 5.97 Å². The standard InChI is InChI=1S/C14H16O4/c1-10(9-18-11(2)15)7-12-3-4-13-14(8-12)17-6-5-16-13/h3-4,8-9H,5-7H2,1-2H3. The molecule has 0 unspecified atom stereocenters. The summed E-state index contributed by atoms with van der Waals surface area (Å²) in [5.41, 5.74) is 2.07. The normalized spacial score (nSPS) is 14.2. The van der Waals surface area contributed by atoms with Gasteiger partial charge in [-0.05, 0) is 36.6 Å². The second kappa shape index (κ2) is 5.58. The van der Waals surface area contributed by atoms with Gasteiger partial charge in [0.1, 0.15) is 13.2 Å². The molecule has 0 fully saturated rings. The highest BCUT2D eigenvalue weighted by Crippen LogP contribution is 2.31. The first kappa shape index (κ1) is 12.5. The molecular formula is C14H16O4. The molecule has 18 heavy (non-hydrogen) atoms. The van der Waals surface area contributed by atoms with Gasteiger partial charge in [-0.3, -0.25) is 4.79 Å². The Morgan fingerprint density at radius 1 is 1.28 bits per heavy atom. The van der Waals surface area contributed by atoms with Crippen LogP contribution >= 0.6 is 0 Å². The van der Waals surface area contributed by atoms with Gasteiger partial charge in [0, 0.05) is 6.92 Å². The molecule has 0 radical (unpaired) electrons. The zero-order valence-corrected chi connectivity index (χ0v) is 10.6. The van der Waals surface area contributed by atoms with Crippen LogP contribution < -0.4 is 9.47 Å². The van der Waals surface area contributed by atoms with E-state index in [1.807, 2.05) is 25.1 Å². The number of hydrogen-bond acceptors (Lipinski definition) is 4. The van der Waals surface area contributed by atoms with Gasteiger partial charge >= 0.3 is 5.97 Å². The maximum absolute atomic E-state index is 10.7. The van der Waals surface area contributed by atoms with Gasteiger partial charge in [-0.1, -0.05) is 6.07 Å². The van der Waals surface area contributed by atoms with Crippen LogP contribution in [0.1, 0.15) is 19.4 Å². The molecule has 0 saturated heterocycles. The van der Waals surface area contributed by atoms with Gasteiger partial charge in [0.15, 0.2) is 11.5 Å². The monoisotopic (exact) mass is 248 g/mol. The number of hydrogen-bond donors (Lipinski definition) is 0. The van der Waals surface area contributed by atoms with Crippen molar-refractivity contribution in [3.63, 3.8) is 0 Å². The van der Waals surface area contributed by atoms with Crippen molar-refractivity contribution in [2.45, 2.75) is 20.3 Å². The Balaban J connectivity index is 2.05. The Kier molecular flexibility index (Phi) is 3.87. The molecule has 4 nitrogen and oxygen atoms in total. The summed E-state index contributed by atoms with van der Waals surface area (Å²) >= 11 is 0. The summed E-state index contributed by atoms with van der Waals surface area (Å²) < 4.78 is 15.8. The van der Waals surface area contributed by atoms with Crippen molar-refractivity contribution in [2.24, 2.45) is 0 Å². The summed E-state index contributed by atoms with van der Waals surface area (Å²) in [5, 5.41) is 0. The van der Waals surface area contributed by atoms with Crippen molar-refractivity contribution < 1.29 is 19.0 Å². The van der Waals surface area contributed by atoms with Crippen LogP contribution in [0.5, 0.6) is 11.5 Å². The van der Waals surface area contributed by atoms with Crippen LogP contribution in [0.4, 0.5) is 0 Å². The lowest BCUT2D eigenvalue weighted by atomic mass is 10.1. The van der Waals surface area contributed by atoms with Crippen LogP contribution in [0.25, 0.3) is 0 Å². The number of allylic oxidation sites excluding steroid dienone is 1. The molecule has 0 aliphatic carbocycles. The average Bonchev–Trinajstić information content (AvgIpc) is 2.36. The molecule has 1 aromatic carbocycles. The molecule has 0 N–H and O–H groups in total. The zero-order valence-electron chi connectivity index (χ0n) is 10.6. The molecule has 1 aliphatic rings. The van der Waals surface area contributed by atoms with Crippen LogP contribution in [-0.2, 0) is 16.0 Å². The molecule has 0 aromatic heterocycles. The van der Waals surface area contributed by atoms with Gasteiger partial charge in [-0.25, -0.2) is 0 Å². The largest absolute Gasteiger partial charge is 0.486 e. The van der Waals surface area contributed by atoms with Gasteiger partial charge in [0.25, 0.3) is 0 Å². The topological polar surface area (TPSA) is 44.8 Å². The molecule has 1 aromatic rings. The van der Waals surface area contributed by atoms with E-state index in [9.17, 15) is 4.79 Å². The van der Waals surface area contributed by atoms with E-state index in [1.54, 1.807) is 0 Å². The molecule has 96 valence electrons. The highest BCUT2D eigenvalue weighted by atomic mass is 16.6. The van der Waals surface area contributed by atoms with Crippen molar-refractivity contribution in [3.05, 3.63) is 35.6 Å². The molecule has 2 rings (SSSR count). The predicted octanol–water partition coefficient (Wildman–Crippen LogP) is 2.47. The number of rotatable bonds is 3. The smallest absolute Gasteiger partial charge is 0.307 e. The maximum atomic E-state index is 10.7. The number of fused-ring (bicyclic) bond motifs is 1. The average molecular weight is 248 g/mol. The third kappa shape index (κ3) is 3.26. The van der Waals surface area contributed by atoms with E-state index < -0.39 is 0 Å². The molecule has 0 amide bonds. The lowest BCUT2D eigenvalue weighted by Gasteiger charge is -2.18. The number of ether oxygens (including phenoxy) is 3.